The number of carbonyl (C=O) groups is 1. The van der Waals surface area contributed by atoms with E-state index in [0.29, 0.717) is 10.6 Å². The van der Waals surface area contributed by atoms with Crippen molar-refractivity contribution in [2.45, 2.75) is 50.7 Å². The van der Waals surface area contributed by atoms with Crippen LogP contribution in [0.2, 0.25) is 5.02 Å². The van der Waals surface area contributed by atoms with Gasteiger partial charge in [0.15, 0.2) is 0 Å². The maximum Gasteiger partial charge on any atom is 0.240 e. The van der Waals surface area contributed by atoms with Crippen molar-refractivity contribution >= 4 is 17.5 Å². The van der Waals surface area contributed by atoms with Crippen molar-refractivity contribution in [3.63, 3.8) is 0 Å². The van der Waals surface area contributed by atoms with Crippen LogP contribution in [0.25, 0.3) is 0 Å². The number of nitrogens with one attached hydrogen (secondary N) is 1. The molecule has 1 N–H and O–H groups in total. The molecule has 0 bridgehead atoms. The number of halogens is 2. The SMILES string of the molecule is O=C(C1CCCCN1)N(Cc1c(F)cccc1Cl)C1CC1. The van der Waals surface area contributed by atoms with E-state index in [1.807, 2.05) is 4.90 Å². The molecular weight excluding hydrogens is 291 g/mol. The van der Waals surface area contributed by atoms with Crippen molar-refractivity contribution in [1.82, 2.24) is 10.2 Å². The third-order valence-electron chi connectivity index (χ3n) is 4.27. The summed E-state index contributed by atoms with van der Waals surface area (Å²) in [5.41, 5.74) is 0.426. The van der Waals surface area contributed by atoms with E-state index in [1.54, 1.807) is 12.1 Å². The Hall–Kier alpha value is -1.13. The van der Waals surface area contributed by atoms with Gasteiger partial charge in [-0.15, -0.1) is 0 Å². The molecule has 2 fully saturated rings. The van der Waals surface area contributed by atoms with Crippen molar-refractivity contribution < 1.29 is 9.18 Å². The Morgan fingerprint density at radius 1 is 1.33 bits per heavy atom. The van der Waals surface area contributed by atoms with Crippen molar-refractivity contribution in [2.24, 2.45) is 0 Å². The third kappa shape index (κ3) is 3.38. The normalized spacial score (nSPS) is 22.1. The first-order valence-electron chi connectivity index (χ1n) is 7.63. The summed E-state index contributed by atoms with van der Waals surface area (Å²) in [6.45, 7) is 1.16. The molecule has 2 aliphatic rings. The summed E-state index contributed by atoms with van der Waals surface area (Å²) in [6, 6.07) is 4.79. The average Bonchev–Trinajstić information content (AvgIpc) is 3.32. The number of benzene rings is 1. The minimum atomic E-state index is -0.336. The van der Waals surface area contributed by atoms with Gasteiger partial charge in [-0.25, -0.2) is 4.39 Å². The van der Waals surface area contributed by atoms with E-state index in [1.165, 1.54) is 6.07 Å². The highest BCUT2D eigenvalue weighted by atomic mass is 35.5. The van der Waals surface area contributed by atoms with Crippen LogP contribution in [0, 0.1) is 5.82 Å². The predicted molar refractivity (Wildman–Crippen MR) is 80.6 cm³/mol. The molecule has 1 aliphatic heterocycles. The van der Waals surface area contributed by atoms with E-state index >= 15 is 0 Å². The average molecular weight is 311 g/mol. The third-order valence-corrected chi connectivity index (χ3v) is 4.62. The maximum absolute atomic E-state index is 14.0. The summed E-state index contributed by atoms with van der Waals surface area (Å²) in [4.78, 5) is 14.5. The molecule has 1 amide bonds. The first-order valence-corrected chi connectivity index (χ1v) is 8.01. The summed E-state index contributed by atoms with van der Waals surface area (Å²) in [5.74, 6) is -0.242. The smallest absolute Gasteiger partial charge is 0.240 e. The Morgan fingerprint density at radius 3 is 2.76 bits per heavy atom. The largest absolute Gasteiger partial charge is 0.334 e. The van der Waals surface area contributed by atoms with Crippen molar-refractivity contribution in [3.05, 3.63) is 34.6 Å². The Bertz CT molecular complexity index is 507. The van der Waals surface area contributed by atoms with Crippen LogP contribution in [0.3, 0.4) is 0 Å². The van der Waals surface area contributed by atoms with Crippen molar-refractivity contribution in [2.75, 3.05) is 6.54 Å². The molecule has 1 heterocycles. The van der Waals surface area contributed by atoms with E-state index in [9.17, 15) is 9.18 Å². The standard InChI is InChI=1S/C16H20ClFN2O/c17-13-4-3-5-14(18)12(13)10-20(11-7-8-11)16(21)15-6-1-2-9-19-15/h3-5,11,15,19H,1-2,6-10H2. The fourth-order valence-corrected chi connectivity index (χ4v) is 3.11. The molecule has 3 nitrogen and oxygen atoms in total. The van der Waals surface area contributed by atoms with Crippen LogP contribution >= 0.6 is 11.6 Å². The van der Waals surface area contributed by atoms with Gasteiger partial charge in [-0.1, -0.05) is 24.1 Å². The Balaban J connectivity index is 1.77. The number of nitrogens with zero attached hydrogens (tertiary/aromatic N) is 1. The highest BCUT2D eigenvalue weighted by Crippen LogP contribution is 2.31. The van der Waals surface area contributed by atoms with Gasteiger partial charge < -0.3 is 10.2 Å². The van der Waals surface area contributed by atoms with Crippen LogP contribution in [-0.2, 0) is 11.3 Å². The summed E-state index contributed by atoms with van der Waals surface area (Å²) >= 11 is 6.10. The highest BCUT2D eigenvalue weighted by molar-refractivity contribution is 6.31. The van der Waals surface area contributed by atoms with Crippen LogP contribution in [0.5, 0.6) is 0 Å². The van der Waals surface area contributed by atoms with Crippen molar-refractivity contribution in [1.29, 1.82) is 0 Å². The monoisotopic (exact) mass is 310 g/mol. The summed E-state index contributed by atoms with van der Waals surface area (Å²) in [7, 11) is 0. The lowest BCUT2D eigenvalue weighted by Crippen LogP contribution is -2.49. The first kappa shape index (κ1) is 14.8. The zero-order valence-corrected chi connectivity index (χ0v) is 12.7. The molecule has 3 rings (SSSR count). The van der Waals surface area contributed by atoms with Gasteiger partial charge in [0.1, 0.15) is 5.82 Å². The van der Waals surface area contributed by atoms with Gasteiger partial charge in [0, 0.05) is 16.6 Å². The van der Waals surface area contributed by atoms with E-state index in [-0.39, 0.29) is 30.4 Å². The van der Waals surface area contributed by atoms with Crippen LogP contribution in [-0.4, -0.2) is 29.4 Å². The summed E-state index contributed by atoms with van der Waals surface area (Å²) in [5, 5.41) is 3.67. The second-order valence-corrected chi connectivity index (χ2v) is 6.31. The molecule has 1 unspecified atom stereocenters. The number of amides is 1. The fraction of sp³-hybridized carbons (Fsp3) is 0.562. The second kappa shape index (κ2) is 6.32. The van der Waals surface area contributed by atoms with Gasteiger partial charge in [0.05, 0.1) is 12.6 Å². The van der Waals surface area contributed by atoms with Crippen LogP contribution in [0.15, 0.2) is 18.2 Å². The molecule has 0 spiro atoms. The molecule has 21 heavy (non-hydrogen) atoms. The quantitative estimate of drug-likeness (QED) is 0.927. The number of hydrogen-bond acceptors (Lipinski definition) is 2. The zero-order valence-electron chi connectivity index (χ0n) is 11.9. The van der Waals surface area contributed by atoms with Gasteiger partial charge in [-0.2, -0.15) is 0 Å². The molecule has 1 saturated heterocycles. The van der Waals surface area contributed by atoms with E-state index in [2.05, 4.69) is 5.32 Å². The van der Waals surface area contributed by atoms with Crippen LogP contribution < -0.4 is 5.32 Å². The molecule has 1 atom stereocenters. The van der Waals surface area contributed by atoms with Gasteiger partial charge >= 0.3 is 0 Å². The number of piperidine rings is 1. The molecule has 1 aromatic carbocycles. The fourth-order valence-electron chi connectivity index (χ4n) is 2.89. The second-order valence-electron chi connectivity index (χ2n) is 5.90. The Morgan fingerprint density at radius 2 is 2.14 bits per heavy atom. The van der Waals surface area contributed by atoms with E-state index in [4.69, 9.17) is 11.6 Å². The zero-order chi connectivity index (χ0) is 14.8. The maximum atomic E-state index is 14.0. The van der Waals surface area contributed by atoms with Crippen molar-refractivity contribution in [3.8, 4) is 0 Å². The highest BCUT2D eigenvalue weighted by Gasteiger charge is 2.36. The van der Waals surface area contributed by atoms with Gasteiger partial charge in [0.25, 0.3) is 0 Å². The van der Waals surface area contributed by atoms with Gasteiger partial charge in [-0.05, 0) is 44.4 Å². The molecule has 1 aromatic rings. The lowest BCUT2D eigenvalue weighted by molar-refractivity contribution is -0.135. The molecule has 0 aromatic heterocycles. The Labute approximate surface area is 129 Å². The molecular formula is C16H20ClFN2O. The molecule has 1 saturated carbocycles. The van der Waals surface area contributed by atoms with Gasteiger partial charge in [0.2, 0.25) is 5.91 Å². The number of carbonyl (C=O) groups excluding carboxylic acids is 1. The minimum absolute atomic E-state index is 0.0940. The topological polar surface area (TPSA) is 32.3 Å². The van der Waals surface area contributed by atoms with E-state index in [0.717, 1.165) is 38.6 Å². The van der Waals surface area contributed by atoms with Crippen LogP contribution in [0.1, 0.15) is 37.7 Å². The number of rotatable bonds is 4. The molecule has 5 heteroatoms. The Kier molecular flexibility index (Phi) is 4.45. The van der Waals surface area contributed by atoms with E-state index < -0.39 is 0 Å². The van der Waals surface area contributed by atoms with Gasteiger partial charge in [-0.3, -0.25) is 4.79 Å². The predicted octanol–water partition coefficient (Wildman–Crippen LogP) is 3.11. The number of hydrogen-bond donors (Lipinski definition) is 1. The van der Waals surface area contributed by atoms with Crippen LogP contribution in [0.4, 0.5) is 4.39 Å². The minimum Gasteiger partial charge on any atom is -0.334 e. The summed E-state index contributed by atoms with van der Waals surface area (Å²) in [6.07, 6.45) is 5.07. The molecule has 114 valence electrons. The summed E-state index contributed by atoms with van der Waals surface area (Å²) < 4.78 is 14.0. The molecule has 1 aliphatic carbocycles. The first-order chi connectivity index (χ1) is 10.2. The molecule has 0 radical (unpaired) electrons. The lowest BCUT2D eigenvalue weighted by atomic mass is 10.0. The lowest BCUT2D eigenvalue weighted by Gasteiger charge is -2.30.